The van der Waals surface area contributed by atoms with Crippen molar-refractivity contribution in [3.8, 4) is 5.75 Å². The molecule has 0 fully saturated rings. The van der Waals surface area contributed by atoms with Crippen molar-refractivity contribution in [3.63, 3.8) is 0 Å². The smallest absolute Gasteiger partial charge is 0.230 e. The summed E-state index contributed by atoms with van der Waals surface area (Å²) in [5.74, 6) is 0.484. The Bertz CT molecular complexity index is 1070. The van der Waals surface area contributed by atoms with Crippen molar-refractivity contribution >= 4 is 39.9 Å². The lowest BCUT2D eigenvalue weighted by atomic mass is 10.0. The molecule has 3 aromatic rings. The molecule has 1 aromatic heterocycles. The van der Waals surface area contributed by atoms with Gasteiger partial charge in [0.25, 0.3) is 0 Å². The van der Waals surface area contributed by atoms with E-state index in [1.165, 1.54) is 29.2 Å². The van der Waals surface area contributed by atoms with Gasteiger partial charge in [0, 0.05) is 17.9 Å². The molecule has 0 saturated carbocycles. The fraction of sp³-hybridized carbons (Fsp3) is 0.174. The Labute approximate surface area is 174 Å². The van der Waals surface area contributed by atoms with Gasteiger partial charge in [-0.2, -0.15) is 0 Å². The first-order valence-electron chi connectivity index (χ1n) is 9.09. The number of rotatable bonds is 6. The van der Waals surface area contributed by atoms with Crippen LogP contribution in [0.25, 0.3) is 6.08 Å². The molecule has 0 unspecified atom stereocenters. The van der Waals surface area contributed by atoms with Gasteiger partial charge in [-0.3, -0.25) is 14.5 Å². The molecule has 0 atom stereocenters. The maximum Gasteiger partial charge on any atom is 0.230 e. The third-order valence-electron chi connectivity index (χ3n) is 4.54. The maximum absolute atomic E-state index is 12.4. The van der Waals surface area contributed by atoms with Crippen LogP contribution in [0, 0.1) is 13.8 Å². The van der Waals surface area contributed by atoms with Gasteiger partial charge in [-0.15, -0.1) is 11.3 Å². The lowest BCUT2D eigenvalue weighted by Crippen LogP contribution is -2.22. The van der Waals surface area contributed by atoms with Crippen LogP contribution in [-0.4, -0.2) is 23.8 Å². The molecule has 0 saturated heterocycles. The highest BCUT2D eigenvalue weighted by atomic mass is 32.1. The molecule has 3 rings (SSSR count). The van der Waals surface area contributed by atoms with E-state index in [1.54, 1.807) is 37.5 Å². The van der Waals surface area contributed by atoms with E-state index in [1.807, 2.05) is 37.4 Å². The van der Waals surface area contributed by atoms with Gasteiger partial charge in [-0.25, -0.2) is 4.98 Å². The molecule has 1 heterocycles. The predicted octanol–water partition coefficient (Wildman–Crippen LogP) is 5.35. The number of carbonyl (C=O) groups excluding carboxylic acids is 2. The molecule has 148 valence electrons. The summed E-state index contributed by atoms with van der Waals surface area (Å²) < 4.78 is 5.17. The molecule has 6 heteroatoms. The highest BCUT2D eigenvalue weighted by Gasteiger charge is 2.17. The monoisotopic (exact) mass is 406 g/mol. The first-order valence-corrected chi connectivity index (χ1v) is 9.97. The van der Waals surface area contributed by atoms with Crippen LogP contribution in [0.15, 0.2) is 53.9 Å². The molecule has 0 radical (unpaired) electrons. The number of carbonyl (C=O) groups is 2. The molecule has 1 amide bonds. The fourth-order valence-electron chi connectivity index (χ4n) is 2.77. The number of ketones is 1. The quantitative estimate of drug-likeness (QED) is 0.409. The highest BCUT2D eigenvalue weighted by Crippen LogP contribution is 2.30. The van der Waals surface area contributed by atoms with Crippen molar-refractivity contribution in [2.75, 3.05) is 12.0 Å². The Morgan fingerprint density at radius 3 is 2.41 bits per heavy atom. The highest BCUT2D eigenvalue weighted by molar-refractivity contribution is 7.14. The molecule has 0 spiro atoms. The third-order valence-corrected chi connectivity index (χ3v) is 5.39. The first-order chi connectivity index (χ1) is 13.9. The summed E-state index contributed by atoms with van der Waals surface area (Å²) in [5.41, 5.74) is 4.20. The zero-order valence-corrected chi connectivity index (χ0v) is 17.6. The SMILES string of the molecule is COc1ccc(N(C(C)=O)c2nc(C=CC(=O)c3ccc(C)c(C)c3)cs2)cc1. The van der Waals surface area contributed by atoms with Crippen LogP contribution in [0.1, 0.15) is 34.1 Å². The van der Waals surface area contributed by atoms with E-state index in [4.69, 9.17) is 4.74 Å². The molecule has 0 aliphatic heterocycles. The number of allylic oxidation sites excluding steroid dienone is 1. The molecule has 0 aliphatic carbocycles. The molecule has 0 bridgehead atoms. The molecule has 29 heavy (non-hydrogen) atoms. The van der Waals surface area contributed by atoms with Crippen molar-refractivity contribution in [2.24, 2.45) is 0 Å². The van der Waals surface area contributed by atoms with Crippen molar-refractivity contribution in [1.29, 1.82) is 0 Å². The van der Waals surface area contributed by atoms with E-state index in [-0.39, 0.29) is 11.7 Å². The predicted molar refractivity (Wildman–Crippen MR) is 117 cm³/mol. The number of aromatic nitrogens is 1. The van der Waals surface area contributed by atoms with E-state index in [2.05, 4.69) is 4.98 Å². The summed E-state index contributed by atoms with van der Waals surface area (Å²) in [7, 11) is 1.59. The maximum atomic E-state index is 12.4. The van der Waals surface area contributed by atoms with E-state index in [0.29, 0.717) is 27.8 Å². The van der Waals surface area contributed by atoms with Crippen LogP contribution in [-0.2, 0) is 4.79 Å². The third kappa shape index (κ3) is 4.78. The second-order valence-electron chi connectivity index (χ2n) is 6.60. The zero-order valence-electron chi connectivity index (χ0n) is 16.8. The van der Waals surface area contributed by atoms with Gasteiger partial charge in [0.1, 0.15) is 5.75 Å². The van der Waals surface area contributed by atoms with E-state index in [9.17, 15) is 9.59 Å². The summed E-state index contributed by atoms with van der Waals surface area (Å²) in [6.07, 6.45) is 3.18. The molecular formula is C23H22N2O3S. The minimum absolute atomic E-state index is 0.0822. The van der Waals surface area contributed by atoms with E-state index < -0.39 is 0 Å². The second kappa shape index (κ2) is 8.84. The zero-order chi connectivity index (χ0) is 21.0. The average Bonchev–Trinajstić information content (AvgIpc) is 3.17. The molecular weight excluding hydrogens is 384 g/mol. The number of ether oxygens (including phenoxy) is 1. The number of anilines is 2. The Morgan fingerprint density at radius 1 is 1.07 bits per heavy atom. The van der Waals surface area contributed by atoms with Gasteiger partial charge in [-0.1, -0.05) is 12.1 Å². The summed E-state index contributed by atoms with van der Waals surface area (Å²) in [6.45, 7) is 5.49. The summed E-state index contributed by atoms with van der Waals surface area (Å²) in [6, 6.07) is 12.8. The lowest BCUT2D eigenvalue weighted by Gasteiger charge is -2.18. The van der Waals surface area contributed by atoms with Gasteiger partial charge < -0.3 is 4.74 Å². The van der Waals surface area contributed by atoms with Crippen LogP contribution < -0.4 is 9.64 Å². The number of amides is 1. The number of thiazole rings is 1. The second-order valence-corrected chi connectivity index (χ2v) is 7.44. The topological polar surface area (TPSA) is 59.5 Å². The van der Waals surface area contributed by atoms with Crippen LogP contribution in [0.3, 0.4) is 0 Å². The van der Waals surface area contributed by atoms with E-state index >= 15 is 0 Å². The molecule has 5 nitrogen and oxygen atoms in total. The minimum Gasteiger partial charge on any atom is -0.497 e. The Hall–Kier alpha value is -3.25. The van der Waals surface area contributed by atoms with Crippen molar-refractivity contribution in [1.82, 2.24) is 4.98 Å². The Kier molecular flexibility index (Phi) is 6.24. The number of hydrogen-bond donors (Lipinski definition) is 0. The number of nitrogens with zero attached hydrogens (tertiary/aromatic N) is 2. The van der Waals surface area contributed by atoms with Crippen LogP contribution in [0.5, 0.6) is 5.75 Å². The van der Waals surface area contributed by atoms with Crippen LogP contribution in [0.4, 0.5) is 10.8 Å². The molecule has 2 aromatic carbocycles. The van der Waals surface area contributed by atoms with E-state index in [0.717, 1.165) is 11.1 Å². The number of aryl methyl sites for hydroxylation is 2. The Balaban J connectivity index is 1.80. The minimum atomic E-state index is -0.147. The summed E-state index contributed by atoms with van der Waals surface area (Å²) in [5, 5.41) is 2.36. The van der Waals surface area contributed by atoms with Crippen LogP contribution >= 0.6 is 11.3 Å². The molecule has 0 N–H and O–H groups in total. The first kappa shape index (κ1) is 20.5. The van der Waals surface area contributed by atoms with Crippen molar-refractivity contribution in [2.45, 2.75) is 20.8 Å². The average molecular weight is 407 g/mol. The fourth-order valence-corrected chi connectivity index (χ4v) is 3.62. The van der Waals surface area contributed by atoms with Gasteiger partial charge >= 0.3 is 0 Å². The Morgan fingerprint density at radius 2 is 1.79 bits per heavy atom. The largest absolute Gasteiger partial charge is 0.497 e. The van der Waals surface area contributed by atoms with Gasteiger partial charge in [0.2, 0.25) is 5.91 Å². The number of benzene rings is 2. The number of methoxy groups -OCH3 is 1. The van der Waals surface area contributed by atoms with Gasteiger partial charge in [0.05, 0.1) is 18.5 Å². The molecule has 0 aliphatic rings. The summed E-state index contributed by atoms with van der Waals surface area (Å²) >= 11 is 1.34. The van der Waals surface area contributed by atoms with Crippen LogP contribution in [0.2, 0.25) is 0 Å². The standard InChI is InChI=1S/C23H22N2O3S/c1-15-5-6-18(13-16(15)2)22(27)12-7-19-14-29-23(24-19)25(17(3)26)20-8-10-21(28-4)11-9-20/h5-14H,1-4H3. The van der Waals surface area contributed by atoms with Crippen molar-refractivity contribution in [3.05, 3.63) is 76.3 Å². The van der Waals surface area contributed by atoms with Gasteiger partial charge in [-0.05, 0) is 67.5 Å². The normalized spacial score (nSPS) is 10.9. The van der Waals surface area contributed by atoms with Crippen molar-refractivity contribution < 1.29 is 14.3 Å². The van der Waals surface area contributed by atoms with Gasteiger partial charge in [0.15, 0.2) is 10.9 Å². The summed E-state index contributed by atoms with van der Waals surface area (Å²) in [4.78, 5) is 30.7. The number of hydrogen-bond acceptors (Lipinski definition) is 5. The lowest BCUT2D eigenvalue weighted by molar-refractivity contribution is -0.115.